The number of piperidine rings is 1. The molecule has 1 aromatic carbocycles. The van der Waals surface area contributed by atoms with Gasteiger partial charge in [0.1, 0.15) is 0 Å². The zero-order chi connectivity index (χ0) is 14.5. The maximum atomic E-state index is 12.7. The Kier molecular flexibility index (Phi) is 5.18. The van der Waals surface area contributed by atoms with Crippen LogP contribution in [0.25, 0.3) is 0 Å². The Labute approximate surface area is 122 Å². The van der Waals surface area contributed by atoms with E-state index in [0.29, 0.717) is 5.92 Å². The highest BCUT2D eigenvalue weighted by Gasteiger charge is 2.23. The van der Waals surface area contributed by atoms with Crippen molar-refractivity contribution in [2.24, 2.45) is 5.92 Å². The molecule has 1 N–H and O–H groups in total. The van der Waals surface area contributed by atoms with Crippen molar-refractivity contribution < 1.29 is 4.79 Å². The number of carbonyl (C=O) groups is 1. The Hall–Kier alpha value is -1.35. The lowest BCUT2D eigenvalue weighted by Gasteiger charge is -2.33. The van der Waals surface area contributed by atoms with E-state index in [0.717, 1.165) is 30.8 Å². The molecule has 1 saturated heterocycles. The standard InChI is InChI=1S/C17H26N2O/c1-13(2)19(12-15-7-9-18-10-8-15)17(20)16-6-4-5-14(3)11-16/h4-6,11,13,15,18H,7-10,12H2,1-3H3. The Morgan fingerprint density at radius 2 is 2.05 bits per heavy atom. The molecule has 1 fully saturated rings. The van der Waals surface area contributed by atoms with E-state index in [4.69, 9.17) is 0 Å². The number of hydrogen-bond acceptors (Lipinski definition) is 2. The zero-order valence-corrected chi connectivity index (χ0v) is 12.9. The van der Waals surface area contributed by atoms with E-state index in [1.807, 2.05) is 36.1 Å². The molecule has 1 amide bonds. The van der Waals surface area contributed by atoms with Crippen LogP contribution in [-0.4, -0.2) is 36.5 Å². The third-order valence-electron chi connectivity index (χ3n) is 4.06. The van der Waals surface area contributed by atoms with Gasteiger partial charge in [-0.05, 0) is 64.8 Å². The van der Waals surface area contributed by atoms with Crippen molar-refractivity contribution in [2.45, 2.75) is 39.7 Å². The number of nitrogens with one attached hydrogen (secondary N) is 1. The first-order valence-corrected chi connectivity index (χ1v) is 7.66. The molecular formula is C17H26N2O. The highest BCUT2D eigenvalue weighted by molar-refractivity contribution is 5.94. The number of hydrogen-bond donors (Lipinski definition) is 1. The van der Waals surface area contributed by atoms with E-state index in [1.165, 1.54) is 12.8 Å². The minimum Gasteiger partial charge on any atom is -0.336 e. The molecule has 1 heterocycles. The van der Waals surface area contributed by atoms with Crippen molar-refractivity contribution in [2.75, 3.05) is 19.6 Å². The maximum Gasteiger partial charge on any atom is 0.254 e. The zero-order valence-electron chi connectivity index (χ0n) is 12.9. The van der Waals surface area contributed by atoms with Crippen LogP contribution in [0, 0.1) is 12.8 Å². The first-order valence-electron chi connectivity index (χ1n) is 7.66. The minimum absolute atomic E-state index is 0.169. The van der Waals surface area contributed by atoms with Gasteiger partial charge >= 0.3 is 0 Å². The van der Waals surface area contributed by atoms with Crippen LogP contribution in [0.1, 0.15) is 42.6 Å². The van der Waals surface area contributed by atoms with Gasteiger partial charge in [0.05, 0.1) is 0 Å². The second kappa shape index (κ2) is 6.89. The molecule has 2 rings (SSSR count). The summed E-state index contributed by atoms with van der Waals surface area (Å²) in [5.41, 5.74) is 1.95. The second-order valence-electron chi connectivity index (χ2n) is 6.11. The van der Waals surface area contributed by atoms with Gasteiger partial charge in [-0.3, -0.25) is 4.79 Å². The van der Waals surface area contributed by atoms with E-state index >= 15 is 0 Å². The molecule has 3 heteroatoms. The van der Waals surface area contributed by atoms with Gasteiger partial charge < -0.3 is 10.2 Å². The van der Waals surface area contributed by atoms with E-state index in [1.54, 1.807) is 0 Å². The maximum absolute atomic E-state index is 12.7. The second-order valence-corrected chi connectivity index (χ2v) is 6.11. The third kappa shape index (κ3) is 3.83. The van der Waals surface area contributed by atoms with Gasteiger partial charge in [0.15, 0.2) is 0 Å². The summed E-state index contributed by atoms with van der Waals surface area (Å²) in [5.74, 6) is 0.801. The first-order chi connectivity index (χ1) is 9.58. The number of aryl methyl sites for hydroxylation is 1. The first kappa shape index (κ1) is 15.0. The fourth-order valence-electron chi connectivity index (χ4n) is 2.81. The van der Waals surface area contributed by atoms with E-state index in [-0.39, 0.29) is 11.9 Å². The van der Waals surface area contributed by atoms with Crippen LogP contribution in [0.15, 0.2) is 24.3 Å². The molecule has 20 heavy (non-hydrogen) atoms. The molecule has 0 spiro atoms. The Morgan fingerprint density at radius 3 is 2.65 bits per heavy atom. The number of nitrogens with zero attached hydrogens (tertiary/aromatic N) is 1. The van der Waals surface area contributed by atoms with Gasteiger partial charge in [-0.2, -0.15) is 0 Å². The normalized spacial score (nSPS) is 16.4. The Morgan fingerprint density at radius 1 is 1.35 bits per heavy atom. The average molecular weight is 274 g/mol. The van der Waals surface area contributed by atoms with Gasteiger partial charge in [-0.15, -0.1) is 0 Å². The fraction of sp³-hybridized carbons (Fsp3) is 0.588. The molecule has 0 unspecified atom stereocenters. The molecule has 110 valence electrons. The van der Waals surface area contributed by atoms with Crippen molar-refractivity contribution in [3.8, 4) is 0 Å². The molecular weight excluding hydrogens is 248 g/mol. The summed E-state index contributed by atoms with van der Waals surface area (Å²) in [6, 6.07) is 8.15. The van der Waals surface area contributed by atoms with Gasteiger partial charge in [0, 0.05) is 18.2 Å². The van der Waals surface area contributed by atoms with Crippen molar-refractivity contribution >= 4 is 5.91 Å². The molecule has 0 radical (unpaired) electrons. The molecule has 0 atom stereocenters. The molecule has 0 aliphatic carbocycles. The summed E-state index contributed by atoms with van der Waals surface area (Å²) >= 11 is 0. The number of benzene rings is 1. The van der Waals surface area contributed by atoms with Crippen molar-refractivity contribution in [3.63, 3.8) is 0 Å². The largest absolute Gasteiger partial charge is 0.336 e. The minimum atomic E-state index is 0.169. The predicted molar refractivity (Wildman–Crippen MR) is 82.9 cm³/mol. The molecule has 0 aromatic heterocycles. The van der Waals surface area contributed by atoms with Crippen LogP contribution in [0.5, 0.6) is 0 Å². The van der Waals surface area contributed by atoms with Crippen LogP contribution < -0.4 is 5.32 Å². The average Bonchev–Trinajstić information content (AvgIpc) is 2.45. The smallest absolute Gasteiger partial charge is 0.254 e. The summed E-state index contributed by atoms with van der Waals surface area (Å²) in [6.45, 7) is 9.28. The van der Waals surface area contributed by atoms with Crippen LogP contribution in [-0.2, 0) is 0 Å². The highest BCUT2D eigenvalue weighted by Crippen LogP contribution is 2.18. The third-order valence-corrected chi connectivity index (χ3v) is 4.06. The molecule has 1 aromatic rings. The lowest BCUT2D eigenvalue weighted by molar-refractivity contribution is 0.0658. The molecule has 1 aliphatic heterocycles. The van der Waals surface area contributed by atoms with Crippen LogP contribution in [0.3, 0.4) is 0 Å². The molecule has 3 nitrogen and oxygen atoms in total. The number of carbonyl (C=O) groups excluding carboxylic acids is 1. The summed E-state index contributed by atoms with van der Waals surface area (Å²) in [5, 5.41) is 3.38. The summed E-state index contributed by atoms with van der Waals surface area (Å²) in [6.07, 6.45) is 2.34. The van der Waals surface area contributed by atoms with Crippen LogP contribution in [0.4, 0.5) is 0 Å². The summed E-state index contributed by atoms with van der Waals surface area (Å²) < 4.78 is 0. The predicted octanol–water partition coefficient (Wildman–Crippen LogP) is 2.85. The monoisotopic (exact) mass is 274 g/mol. The number of rotatable bonds is 4. The van der Waals surface area contributed by atoms with Crippen LogP contribution >= 0.6 is 0 Å². The number of amides is 1. The van der Waals surface area contributed by atoms with Gasteiger partial charge in [-0.1, -0.05) is 17.7 Å². The Bertz CT molecular complexity index is 450. The lowest BCUT2D eigenvalue weighted by Crippen LogP contribution is -2.43. The molecule has 0 saturated carbocycles. The van der Waals surface area contributed by atoms with E-state index in [2.05, 4.69) is 19.2 Å². The van der Waals surface area contributed by atoms with Gasteiger partial charge in [0.2, 0.25) is 0 Å². The topological polar surface area (TPSA) is 32.3 Å². The summed E-state index contributed by atoms with van der Waals surface area (Å²) in [7, 11) is 0. The molecule has 0 bridgehead atoms. The molecule has 1 aliphatic rings. The highest BCUT2D eigenvalue weighted by atomic mass is 16.2. The van der Waals surface area contributed by atoms with Gasteiger partial charge in [0.25, 0.3) is 5.91 Å². The quantitative estimate of drug-likeness (QED) is 0.915. The fourth-order valence-corrected chi connectivity index (χ4v) is 2.81. The summed E-state index contributed by atoms with van der Waals surface area (Å²) in [4.78, 5) is 14.8. The van der Waals surface area contributed by atoms with E-state index < -0.39 is 0 Å². The van der Waals surface area contributed by atoms with Crippen molar-refractivity contribution in [1.29, 1.82) is 0 Å². The Balaban J connectivity index is 2.09. The van der Waals surface area contributed by atoms with Crippen LogP contribution in [0.2, 0.25) is 0 Å². The lowest BCUT2D eigenvalue weighted by atomic mass is 9.96. The van der Waals surface area contributed by atoms with Gasteiger partial charge in [-0.25, -0.2) is 0 Å². The van der Waals surface area contributed by atoms with E-state index in [9.17, 15) is 4.79 Å². The van der Waals surface area contributed by atoms with Crippen molar-refractivity contribution in [1.82, 2.24) is 10.2 Å². The van der Waals surface area contributed by atoms with Crippen molar-refractivity contribution in [3.05, 3.63) is 35.4 Å². The SMILES string of the molecule is Cc1cccc(C(=O)N(CC2CCNCC2)C(C)C)c1.